The maximum atomic E-state index is 12.8. The van der Waals surface area contributed by atoms with Crippen LogP contribution in [0.5, 0.6) is 0 Å². The van der Waals surface area contributed by atoms with Crippen LogP contribution in [0.2, 0.25) is 0 Å². The van der Waals surface area contributed by atoms with Crippen LogP contribution < -0.4 is 10.6 Å². The molecule has 3 heterocycles. The van der Waals surface area contributed by atoms with E-state index in [-0.39, 0.29) is 17.7 Å². The van der Waals surface area contributed by atoms with E-state index in [1.807, 2.05) is 20.8 Å². The monoisotopic (exact) mass is 418 g/mol. The van der Waals surface area contributed by atoms with Crippen molar-refractivity contribution in [1.82, 2.24) is 15.2 Å². The lowest BCUT2D eigenvalue weighted by Gasteiger charge is -2.30. The van der Waals surface area contributed by atoms with Crippen LogP contribution in [0.25, 0.3) is 11.5 Å². The standard InChI is InChI=1S/C20H26N4O4S/c1-12(25)21-10-13-7-8-16(28-13)14-11-29-19(22-14)23-17(26)15-6-5-9-24(15)18(27)20(2,3)4/h7-8,11,15H,5-6,9-10H2,1-4H3,(H,21,25)(H,22,23,26). The van der Waals surface area contributed by atoms with Gasteiger partial charge in [0.15, 0.2) is 10.9 Å². The predicted molar refractivity (Wildman–Crippen MR) is 110 cm³/mol. The Morgan fingerprint density at radius 1 is 1.31 bits per heavy atom. The van der Waals surface area contributed by atoms with E-state index >= 15 is 0 Å². The van der Waals surface area contributed by atoms with Crippen molar-refractivity contribution in [2.24, 2.45) is 5.41 Å². The Balaban J connectivity index is 1.64. The largest absolute Gasteiger partial charge is 0.458 e. The molecule has 0 bridgehead atoms. The third-order valence-corrected chi connectivity index (χ3v) is 5.38. The molecular formula is C20H26N4O4S. The molecule has 1 fully saturated rings. The summed E-state index contributed by atoms with van der Waals surface area (Å²) >= 11 is 1.30. The van der Waals surface area contributed by atoms with Gasteiger partial charge in [0, 0.05) is 24.3 Å². The third-order valence-electron chi connectivity index (χ3n) is 4.62. The Labute approximate surface area is 173 Å². The summed E-state index contributed by atoms with van der Waals surface area (Å²) in [6.07, 6.45) is 1.46. The average Bonchev–Trinajstić information content (AvgIpc) is 3.38. The minimum atomic E-state index is -0.522. The van der Waals surface area contributed by atoms with Crippen LogP contribution in [-0.4, -0.2) is 40.2 Å². The maximum absolute atomic E-state index is 12.8. The normalized spacial score (nSPS) is 16.7. The summed E-state index contributed by atoms with van der Waals surface area (Å²) in [7, 11) is 0. The summed E-state index contributed by atoms with van der Waals surface area (Å²) in [5, 5.41) is 7.76. The lowest BCUT2D eigenvalue weighted by Crippen LogP contribution is -2.47. The van der Waals surface area contributed by atoms with E-state index < -0.39 is 11.5 Å². The highest BCUT2D eigenvalue weighted by Crippen LogP contribution is 2.29. The van der Waals surface area contributed by atoms with Crippen LogP contribution in [0.3, 0.4) is 0 Å². The van der Waals surface area contributed by atoms with Crippen molar-refractivity contribution < 1.29 is 18.8 Å². The minimum absolute atomic E-state index is 0.0164. The maximum Gasteiger partial charge on any atom is 0.248 e. The Kier molecular flexibility index (Phi) is 6.07. The number of hydrogen-bond donors (Lipinski definition) is 2. The van der Waals surface area contributed by atoms with Gasteiger partial charge < -0.3 is 20.0 Å². The molecule has 0 spiro atoms. The van der Waals surface area contributed by atoms with Crippen LogP contribution in [0.1, 0.15) is 46.3 Å². The quantitative estimate of drug-likeness (QED) is 0.777. The van der Waals surface area contributed by atoms with Crippen LogP contribution in [-0.2, 0) is 20.9 Å². The molecule has 1 saturated heterocycles. The zero-order valence-corrected chi connectivity index (χ0v) is 17.9. The smallest absolute Gasteiger partial charge is 0.248 e. The van der Waals surface area contributed by atoms with Gasteiger partial charge in [-0.3, -0.25) is 14.4 Å². The molecule has 0 aliphatic carbocycles. The highest BCUT2D eigenvalue weighted by atomic mass is 32.1. The number of thiazole rings is 1. The van der Waals surface area contributed by atoms with Crippen LogP contribution in [0.4, 0.5) is 5.13 Å². The Hall–Kier alpha value is -2.68. The molecule has 2 N–H and O–H groups in total. The molecule has 3 rings (SSSR count). The van der Waals surface area contributed by atoms with Crippen molar-refractivity contribution in [3.8, 4) is 11.5 Å². The summed E-state index contributed by atoms with van der Waals surface area (Å²) in [6.45, 7) is 7.93. The van der Waals surface area contributed by atoms with E-state index in [9.17, 15) is 14.4 Å². The summed E-state index contributed by atoms with van der Waals surface area (Å²) in [5.74, 6) is 0.820. The van der Waals surface area contributed by atoms with Gasteiger partial charge in [-0.25, -0.2) is 4.98 Å². The number of anilines is 1. The number of hydrogen-bond acceptors (Lipinski definition) is 6. The van der Waals surface area contributed by atoms with Gasteiger partial charge in [0.1, 0.15) is 17.5 Å². The summed E-state index contributed by atoms with van der Waals surface area (Å²) < 4.78 is 5.69. The summed E-state index contributed by atoms with van der Waals surface area (Å²) in [6, 6.07) is 3.08. The first kappa shape index (κ1) is 21.0. The first-order valence-electron chi connectivity index (χ1n) is 9.56. The molecule has 1 aliphatic heterocycles. The van der Waals surface area contributed by atoms with E-state index in [4.69, 9.17) is 4.42 Å². The van der Waals surface area contributed by atoms with Crippen molar-refractivity contribution in [2.75, 3.05) is 11.9 Å². The molecule has 0 aromatic carbocycles. The number of amides is 3. The topological polar surface area (TPSA) is 105 Å². The first-order valence-corrected chi connectivity index (χ1v) is 10.4. The molecule has 8 nitrogen and oxygen atoms in total. The molecule has 2 aromatic rings. The number of furan rings is 1. The lowest BCUT2D eigenvalue weighted by molar-refractivity contribution is -0.143. The fourth-order valence-electron chi connectivity index (χ4n) is 3.17. The van der Waals surface area contributed by atoms with Crippen molar-refractivity contribution in [2.45, 2.75) is 53.1 Å². The molecule has 0 radical (unpaired) electrons. The molecule has 9 heteroatoms. The van der Waals surface area contributed by atoms with Gasteiger partial charge in [0.05, 0.1) is 6.54 Å². The zero-order valence-electron chi connectivity index (χ0n) is 17.1. The number of carbonyl (C=O) groups excluding carboxylic acids is 3. The van der Waals surface area contributed by atoms with Gasteiger partial charge in [0.2, 0.25) is 17.7 Å². The zero-order chi connectivity index (χ0) is 21.2. The number of likely N-dealkylation sites (tertiary alicyclic amines) is 1. The van der Waals surface area contributed by atoms with Gasteiger partial charge in [-0.15, -0.1) is 11.3 Å². The Morgan fingerprint density at radius 3 is 2.76 bits per heavy atom. The molecule has 1 aliphatic rings. The number of rotatable bonds is 5. The van der Waals surface area contributed by atoms with Crippen molar-refractivity contribution >= 4 is 34.2 Å². The molecule has 0 saturated carbocycles. The minimum Gasteiger partial charge on any atom is -0.458 e. The molecule has 29 heavy (non-hydrogen) atoms. The predicted octanol–water partition coefficient (Wildman–Crippen LogP) is 3.01. The highest BCUT2D eigenvalue weighted by Gasteiger charge is 2.38. The number of carbonyl (C=O) groups is 3. The van der Waals surface area contributed by atoms with E-state index in [2.05, 4.69) is 15.6 Å². The van der Waals surface area contributed by atoms with Crippen LogP contribution >= 0.6 is 11.3 Å². The summed E-state index contributed by atoms with van der Waals surface area (Å²) in [4.78, 5) is 42.5. The van der Waals surface area contributed by atoms with Gasteiger partial charge in [-0.2, -0.15) is 0 Å². The van der Waals surface area contributed by atoms with Crippen LogP contribution in [0.15, 0.2) is 21.9 Å². The molecule has 156 valence electrons. The van der Waals surface area contributed by atoms with Crippen molar-refractivity contribution in [1.29, 1.82) is 0 Å². The number of nitrogens with one attached hydrogen (secondary N) is 2. The van der Waals surface area contributed by atoms with Crippen molar-refractivity contribution in [3.63, 3.8) is 0 Å². The van der Waals surface area contributed by atoms with E-state index in [1.165, 1.54) is 18.3 Å². The second kappa shape index (κ2) is 8.36. The molecule has 3 amide bonds. The first-order chi connectivity index (χ1) is 13.6. The van der Waals surface area contributed by atoms with Crippen LogP contribution in [0, 0.1) is 5.41 Å². The average molecular weight is 419 g/mol. The third kappa shape index (κ3) is 5.03. The second-order valence-corrected chi connectivity index (χ2v) is 8.97. The van der Waals surface area contributed by atoms with E-state index in [1.54, 1.807) is 22.4 Å². The van der Waals surface area contributed by atoms with Gasteiger partial charge >= 0.3 is 0 Å². The second-order valence-electron chi connectivity index (χ2n) is 8.11. The fourth-order valence-corrected chi connectivity index (χ4v) is 3.87. The SMILES string of the molecule is CC(=O)NCc1ccc(-c2csc(NC(=O)C3CCCN3C(=O)C(C)(C)C)n2)o1. The molecular weight excluding hydrogens is 392 g/mol. The number of aromatic nitrogens is 1. The lowest BCUT2D eigenvalue weighted by atomic mass is 9.94. The molecule has 1 unspecified atom stereocenters. The highest BCUT2D eigenvalue weighted by molar-refractivity contribution is 7.14. The van der Waals surface area contributed by atoms with Gasteiger partial charge in [-0.1, -0.05) is 20.8 Å². The van der Waals surface area contributed by atoms with Crippen molar-refractivity contribution in [3.05, 3.63) is 23.3 Å². The molecule has 1 atom stereocenters. The van der Waals surface area contributed by atoms with E-state index in [0.717, 1.165) is 6.42 Å². The Morgan fingerprint density at radius 2 is 2.07 bits per heavy atom. The molecule has 2 aromatic heterocycles. The fraction of sp³-hybridized carbons (Fsp3) is 0.500. The Bertz CT molecular complexity index is 912. The van der Waals surface area contributed by atoms with Gasteiger partial charge in [-0.05, 0) is 25.0 Å². The van der Waals surface area contributed by atoms with Gasteiger partial charge in [0.25, 0.3) is 0 Å². The van der Waals surface area contributed by atoms with E-state index in [0.29, 0.717) is 41.9 Å². The summed E-state index contributed by atoms with van der Waals surface area (Å²) in [5.41, 5.74) is 0.0827. The number of nitrogens with zero attached hydrogens (tertiary/aromatic N) is 2.